The lowest BCUT2D eigenvalue weighted by molar-refractivity contribution is -0.147. The molecule has 1 unspecified atom stereocenters. The van der Waals surface area contributed by atoms with E-state index in [2.05, 4.69) is 5.32 Å². The average Bonchev–Trinajstić information content (AvgIpc) is 2.56. The molecule has 1 aliphatic carbocycles. The molecular formula is C19H27NO4. The molecule has 1 atom stereocenters. The molecule has 0 heterocycles. The van der Waals surface area contributed by atoms with E-state index in [1.54, 1.807) is 6.92 Å². The minimum absolute atomic E-state index is 0.134. The van der Waals surface area contributed by atoms with Gasteiger partial charge in [-0.05, 0) is 63.1 Å². The van der Waals surface area contributed by atoms with Gasteiger partial charge in [0.15, 0.2) is 0 Å². The summed E-state index contributed by atoms with van der Waals surface area (Å²) in [5, 5.41) is 12.5. The number of carboxylic acids is 1. The molecule has 0 aromatic heterocycles. The maximum Gasteiger partial charge on any atom is 0.327 e. The lowest BCUT2D eigenvalue weighted by Gasteiger charge is -2.30. The van der Waals surface area contributed by atoms with Crippen LogP contribution in [0.15, 0.2) is 18.2 Å². The van der Waals surface area contributed by atoms with Crippen molar-refractivity contribution in [3.05, 3.63) is 34.9 Å². The summed E-state index contributed by atoms with van der Waals surface area (Å²) in [5.41, 5.74) is 3.16. The Bertz CT molecular complexity index is 591. The minimum atomic E-state index is -0.718. The van der Waals surface area contributed by atoms with Gasteiger partial charge in [-0.3, -0.25) is 10.1 Å². The van der Waals surface area contributed by atoms with Crippen molar-refractivity contribution in [3.8, 4) is 0 Å². The molecule has 0 aliphatic heterocycles. The number of aliphatic carboxylic acids is 1. The van der Waals surface area contributed by atoms with E-state index in [4.69, 9.17) is 9.84 Å². The lowest BCUT2D eigenvalue weighted by atomic mass is 9.85. The third-order valence-electron chi connectivity index (χ3n) is 4.96. The first-order chi connectivity index (χ1) is 11.4. The summed E-state index contributed by atoms with van der Waals surface area (Å²) < 4.78 is 5.26. The highest BCUT2D eigenvalue weighted by Gasteiger charge is 2.31. The van der Waals surface area contributed by atoms with Gasteiger partial charge in [0.05, 0.1) is 12.5 Å². The van der Waals surface area contributed by atoms with Crippen LogP contribution in [0.5, 0.6) is 0 Å². The number of carboxylic acid groups (broad SMARTS) is 1. The second kappa shape index (κ2) is 8.29. The summed E-state index contributed by atoms with van der Waals surface area (Å²) >= 11 is 0. The fourth-order valence-corrected chi connectivity index (χ4v) is 3.34. The molecule has 1 aromatic carbocycles. The van der Waals surface area contributed by atoms with Crippen molar-refractivity contribution >= 4 is 11.9 Å². The molecule has 5 nitrogen and oxygen atoms in total. The normalized spacial score (nSPS) is 22.0. The van der Waals surface area contributed by atoms with Crippen molar-refractivity contribution in [2.45, 2.75) is 58.5 Å². The summed E-state index contributed by atoms with van der Waals surface area (Å²) in [6.07, 6.45) is 2.82. The summed E-state index contributed by atoms with van der Waals surface area (Å²) in [4.78, 5) is 23.6. The number of carbonyl (C=O) groups excluding carboxylic acids is 1. The van der Waals surface area contributed by atoms with Crippen molar-refractivity contribution in [3.63, 3.8) is 0 Å². The number of benzene rings is 1. The Kier molecular flexibility index (Phi) is 6.37. The number of esters is 1. The Morgan fingerprint density at radius 3 is 2.50 bits per heavy atom. The van der Waals surface area contributed by atoms with Gasteiger partial charge in [0, 0.05) is 6.04 Å². The highest BCUT2D eigenvalue weighted by Crippen LogP contribution is 2.28. The molecule has 0 bridgehead atoms. The highest BCUT2D eigenvalue weighted by atomic mass is 16.5. The van der Waals surface area contributed by atoms with E-state index in [1.165, 1.54) is 0 Å². The smallest absolute Gasteiger partial charge is 0.327 e. The van der Waals surface area contributed by atoms with E-state index in [-0.39, 0.29) is 17.9 Å². The number of carbonyl (C=O) groups is 2. The van der Waals surface area contributed by atoms with Gasteiger partial charge in [-0.25, -0.2) is 4.79 Å². The van der Waals surface area contributed by atoms with Crippen molar-refractivity contribution in [1.82, 2.24) is 5.32 Å². The first-order valence-corrected chi connectivity index (χ1v) is 8.65. The molecule has 0 amide bonds. The molecule has 24 heavy (non-hydrogen) atoms. The van der Waals surface area contributed by atoms with Crippen molar-refractivity contribution < 1.29 is 19.4 Å². The van der Waals surface area contributed by atoms with E-state index in [0.29, 0.717) is 19.4 Å². The summed E-state index contributed by atoms with van der Waals surface area (Å²) in [6, 6.07) is 5.57. The van der Waals surface area contributed by atoms with Crippen LogP contribution < -0.4 is 5.32 Å². The fourth-order valence-electron chi connectivity index (χ4n) is 3.34. The zero-order valence-corrected chi connectivity index (χ0v) is 14.7. The highest BCUT2D eigenvalue weighted by molar-refractivity contribution is 5.78. The van der Waals surface area contributed by atoms with E-state index >= 15 is 0 Å². The molecule has 1 fully saturated rings. The molecule has 0 spiro atoms. The number of hydrogen-bond donors (Lipinski definition) is 2. The van der Waals surface area contributed by atoms with Gasteiger partial charge >= 0.3 is 11.9 Å². The minimum Gasteiger partial charge on any atom is -0.481 e. The lowest BCUT2D eigenvalue weighted by Crippen LogP contribution is -2.41. The van der Waals surface area contributed by atoms with E-state index in [0.717, 1.165) is 29.5 Å². The van der Waals surface area contributed by atoms with Gasteiger partial charge in [-0.15, -0.1) is 0 Å². The van der Waals surface area contributed by atoms with Gasteiger partial charge in [0.2, 0.25) is 0 Å². The Morgan fingerprint density at radius 1 is 1.25 bits per heavy atom. The first kappa shape index (κ1) is 18.5. The van der Waals surface area contributed by atoms with Gasteiger partial charge in [-0.2, -0.15) is 0 Å². The van der Waals surface area contributed by atoms with Crippen molar-refractivity contribution in [1.29, 1.82) is 0 Å². The van der Waals surface area contributed by atoms with E-state index in [1.807, 2.05) is 32.0 Å². The summed E-state index contributed by atoms with van der Waals surface area (Å²) in [5.74, 6) is -1.25. The largest absolute Gasteiger partial charge is 0.481 e. The molecule has 2 N–H and O–H groups in total. The van der Waals surface area contributed by atoms with Gasteiger partial charge in [0.1, 0.15) is 6.04 Å². The van der Waals surface area contributed by atoms with Crippen molar-refractivity contribution in [2.24, 2.45) is 5.92 Å². The van der Waals surface area contributed by atoms with Crippen LogP contribution in [0.25, 0.3) is 0 Å². The zero-order valence-electron chi connectivity index (χ0n) is 14.7. The van der Waals surface area contributed by atoms with Crippen LogP contribution in [0, 0.1) is 19.8 Å². The molecule has 0 radical (unpaired) electrons. The van der Waals surface area contributed by atoms with Crippen LogP contribution in [0.4, 0.5) is 0 Å². The second-order valence-corrected chi connectivity index (χ2v) is 6.53. The summed E-state index contributed by atoms with van der Waals surface area (Å²) in [6.45, 7) is 6.18. The van der Waals surface area contributed by atoms with E-state index < -0.39 is 12.0 Å². The molecule has 1 saturated carbocycles. The monoisotopic (exact) mass is 333 g/mol. The molecular weight excluding hydrogens is 306 g/mol. The van der Waals surface area contributed by atoms with E-state index in [9.17, 15) is 9.59 Å². The second-order valence-electron chi connectivity index (χ2n) is 6.53. The van der Waals surface area contributed by atoms with Crippen LogP contribution in [-0.4, -0.2) is 29.7 Å². The van der Waals surface area contributed by atoms with Gasteiger partial charge in [-0.1, -0.05) is 18.2 Å². The van der Waals surface area contributed by atoms with Gasteiger partial charge < -0.3 is 9.84 Å². The Labute approximate surface area is 143 Å². The van der Waals surface area contributed by atoms with Gasteiger partial charge in [0.25, 0.3) is 0 Å². The van der Waals surface area contributed by atoms with Crippen molar-refractivity contribution in [2.75, 3.05) is 6.61 Å². The zero-order chi connectivity index (χ0) is 17.7. The molecule has 132 valence electrons. The van der Waals surface area contributed by atoms with Crippen LogP contribution in [0.3, 0.4) is 0 Å². The summed E-state index contributed by atoms with van der Waals surface area (Å²) in [7, 11) is 0. The fraction of sp³-hybridized carbons (Fsp3) is 0.579. The number of ether oxygens (including phenoxy) is 1. The average molecular weight is 333 g/mol. The topological polar surface area (TPSA) is 75.6 Å². The maximum absolute atomic E-state index is 12.5. The molecule has 2 rings (SSSR count). The standard InChI is InChI=1S/C19H27NO4/c1-4-24-19(23)17(16-7-5-6-12(2)13(16)3)20-15-10-8-14(9-11-15)18(21)22/h5-7,14-15,17,20H,4,8-11H2,1-3H3,(H,21,22). The number of rotatable bonds is 6. The maximum atomic E-state index is 12.5. The van der Waals surface area contributed by atoms with Crippen LogP contribution >= 0.6 is 0 Å². The molecule has 1 aromatic rings. The number of nitrogens with one attached hydrogen (secondary N) is 1. The Balaban J connectivity index is 2.14. The van der Waals surface area contributed by atoms with Crippen LogP contribution in [0.2, 0.25) is 0 Å². The van der Waals surface area contributed by atoms with Crippen LogP contribution in [0.1, 0.15) is 55.3 Å². The molecule has 5 heteroatoms. The molecule has 0 saturated heterocycles. The van der Waals surface area contributed by atoms with Crippen LogP contribution in [-0.2, 0) is 14.3 Å². The predicted octanol–water partition coefficient (Wildman–Crippen LogP) is 3.14. The third-order valence-corrected chi connectivity index (χ3v) is 4.96. The number of hydrogen-bond acceptors (Lipinski definition) is 4. The first-order valence-electron chi connectivity index (χ1n) is 8.65. The predicted molar refractivity (Wildman–Crippen MR) is 91.8 cm³/mol. The quantitative estimate of drug-likeness (QED) is 0.782. The third kappa shape index (κ3) is 4.35. The number of aryl methyl sites for hydroxylation is 1. The molecule has 1 aliphatic rings. The Hall–Kier alpha value is -1.88. The SMILES string of the molecule is CCOC(=O)C(NC1CCC(C(=O)O)CC1)c1cccc(C)c1C. The Morgan fingerprint density at radius 2 is 1.92 bits per heavy atom.